The van der Waals surface area contributed by atoms with Crippen LogP contribution >= 0.6 is 0 Å². The average Bonchev–Trinajstić information content (AvgIpc) is 2.60. The number of ether oxygens (including phenoxy) is 1. The van der Waals surface area contributed by atoms with Gasteiger partial charge in [-0.3, -0.25) is 0 Å². The molecule has 0 aliphatic carbocycles. The fourth-order valence-corrected chi connectivity index (χ4v) is 1.43. The van der Waals surface area contributed by atoms with Gasteiger partial charge in [0, 0.05) is 6.20 Å². The molecule has 0 aromatic carbocycles. The van der Waals surface area contributed by atoms with Crippen LogP contribution in [-0.4, -0.2) is 17.6 Å². The molecule has 0 aliphatic rings. The van der Waals surface area contributed by atoms with E-state index in [1.807, 2.05) is 0 Å². The number of hydrogen-bond acceptors (Lipinski definition) is 2. The van der Waals surface area contributed by atoms with Crippen LogP contribution in [0.5, 0.6) is 0 Å². The van der Waals surface area contributed by atoms with E-state index in [1.165, 1.54) is 13.1 Å². The van der Waals surface area contributed by atoms with Crippen molar-refractivity contribution in [3.63, 3.8) is 0 Å². The van der Waals surface area contributed by atoms with E-state index in [2.05, 4.69) is 9.72 Å². The summed E-state index contributed by atoms with van der Waals surface area (Å²) in [4.78, 5) is 13.6. The van der Waals surface area contributed by atoms with Gasteiger partial charge in [0.25, 0.3) is 0 Å². The first-order chi connectivity index (χ1) is 7.41. The van der Waals surface area contributed by atoms with Crippen molar-refractivity contribution in [2.45, 2.75) is 26.4 Å². The molecule has 0 spiro atoms. The predicted molar refractivity (Wildman–Crippen MR) is 51.1 cm³/mol. The Balaban J connectivity index is 3.20. The molecule has 0 saturated heterocycles. The van der Waals surface area contributed by atoms with Crippen LogP contribution < -0.4 is 0 Å². The summed E-state index contributed by atoms with van der Waals surface area (Å²) in [6.07, 6.45) is -3.16. The van der Waals surface area contributed by atoms with Crippen LogP contribution in [0, 0.1) is 0 Å². The van der Waals surface area contributed by atoms with E-state index in [9.17, 15) is 18.0 Å². The Morgan fingerprint density at radius 3 is 2.50 bits per heavy atom. The number of nitrogens with one attached hydrogen (secondary N) is 1. The lowest BCUT2D eigenvalue weighted by atomic mass is 10.1. The fraction of sp³-hybridized carbons (Fsp3) is 0.500. The summed E-state index contributed by atoms with van der Waals surface area (Å²) in [5.41, 5.74) is -1.38. The minimum absolute atomic E-state index is 0.0383. The van der Waals surface area contributed by atoms with Crippen LogP contribution in [0.3, 0.4) is 0 Å². The summed E-state index contributed by atoms with van der Waals surface area (Å²) >= 11 is 0. The third-order valence-corrected chi connectivity index (χ3v) is 2.11. The lowest BCUT2D eigenvalue weighted by Gasteiger charge is -2.09. The summed E-state index contributed by atoms with van der Waals surface area (Å²) < 4.78 is 42.7. The number of aromatic amines is 1. The quantitative estimate of drug-likeness (QED) is 0.818. The number of halogens is 3. The zero-order valence-corrected chi connectivity index (χ0v) is 8.94. The van der Waals surface area contributed by atoms with Crippen molar-refractivity contribution in [3.8, 4) is 0 Å². The molecule has 1 rings (SSSR count). The standard InChI is InChI=1S/C10H12F3NO2/c1-3-6-5-14-8(9(15)16-4-2)7(6)10(11,12)13/h5,14H,3-4H2,1-2H3. The van der Waals surface area contributed by atoms with Gasteiger partial charge in [0.1, 0.15) is 5.69 Å². The zero-order valence-electron chi connectivity index (χ0n) is 8.94. The van der Waals surface area contributed by atoms with Crippen molar-refractivity contribution >= 4 is 5.97 Å². The summed E-state index contributed by atoms with van der Waals surface area (Å²) in [5.74, 6) is -0.977. The highest BCUT2D eigenvalue weighted by Gasteiger charge is 2.39. The van der Waals surface area contributed by atoms with Crippen LogP contribution in [0.15, 0.2) is 6.20 Å². The molecule has 1 aromatic heterocycles. The SMILES string of the molecule is CCOC(=O)c1[nH]cc(CC)c1C(F)(F)F. The van der Waals surface area contributed by atoms with Crippen LogP contribution in [0.2, 0.25) is 0 Å². The molecule has 0 unspecified atom stereocenters. The van der Waals surface area contributed by atoms with E-state index in [1.54, 1.807) is 6.92 Å². The largest absolute Gasteiger partial charge is 0.461 e. The maximum absolute atomic E-state index is 12.7. The Hall–Kier alpha value is -1.46. The number of esters is 1. The van der Waals surface area contributed by atoms with Crippen molar-refractivity contribution in [2.75, 3.05) is 6.61 Å². The van der Waals surface area contributed by atoms with Crippen molar-refractivity contribution in [1.82, 2.24) is 4.98 Å². The van der Waals surface area contributed by atoms with Crippen molar-refractivity contribution in [3.05, 3.63) is 23.0 Å². The lowest BCUT2D eigenvalue weighted by Crippen LogP contribution is -2.15. The molecular weight excluding hydrogens is 223 g/mol. The second kappa shape index (κ2) is 4.59. The summed E-state index contributed by atoms with van der Waals surface area (Å²) in [6.45, 7) is 3.17. The Kier molecular flexibility index (Phi) is 3.62. The zero-order chi connectivity index (χ0) is 12.3. The minimum atomic E-state index is -4.55. The van der Waals surface area contributed by atoms with Crippen LogP contribution in [0.25, 0.3) is 0 Å². The Morgan fingerprint density at radius 1 is 1.44 bits per heavy atom. The van der Waals surface area contributed by atoms with Gasteiger partial charge in [-0.1, -0.05) is 6.92 Å². The molecule has 0 bridgehead atoms. The van der Waals surface area contributed by atoms with Gasteiger partial charge in [-0.25, -0.2) is 4.79 Å². The topological polar surface area (TPSA) is 42.1 Å². The van der Waals surface area contributed by atoms with Gasteiger partial charge in [-0.15, -0.1) is 0 Å². The molecule has 0 fully saturated rings. The molecule has 0 atom stereocenters. The first kappa shape index (κ1) is 12.6. The molecule has 1 heterocycles. The van der Waals surface area contributed by atoms with Gasteiger partial charge in [0.05, 0.1) is 12.2 Å². The summed E-state index contributed by atoms with van der Waals surface area (Å²) in [7, 11) is 0. The molecule has 3 nitrogen and oxygen atoms in total. The number of carbonyl (C=O) groups excluding carboxylic acids is 1. The maximum Gasteiger partial charge on any atom is 0.418 e. The van der Waals surface area contributed by atoms with Gasteiger partial charge in [-0.05, 0) is 18.9 Å². The maximum atomic E-state index is 12.7. The number of carbonyl (C=O) groups is 1. The average molecular weight is 235 g/mol. The highest BCUT2D eigenvalue weighted by Crippen LogP contribution is 2.35. The summed E-state index contributed by atoms with van der Waals surface area (Å²) in [6, 6.07) is 0. The van der Waals surface area contributed by atoms with E-state index in [-0.39, 0.29) is 18.6 Å². The van der Waals surface area contributed by atoms with Crippen molar-refractivity contribution in [1.29, 1.82) is 0 Å². The van der Waals surface area contributed by atoms with E-state index < -0.39 is 23.4 Å². The number of rotatable bonds is 3. The molecule has 90 valence electrons. The molecule has 0 aliphatic heterocycles. The number of H-pyrrole nitrogens is 1. The predicted octanol–water partition coefficient (Wildman–Crippen LogP) is 2.77. The van der Waals surface area contributed by atoms with Gasteiger partial charge in [-0.2, -0.15) is 13.2 Å². The van der Waals surface area contributed by atoms with Gasteiger partial charge < -0.3 is 9.72 Å². The van der Waals surface area contributed by atoms with Crippen LogP contribution in [0.4, 0.5) is 13.2 Å². The highest BCUT2D eigenvalue weighted by atomic mass is 19.4. The first-order valence-electron chi connectivity index (χ1n) is 4.86. The molecule has 0 saturated carbocycles. The lowest BCUT2D eigenvalue weighted by molar-refractivity contribution is -0.138. The van der Waals surface area contributed by atoms with Crippen molar-refractivity contribution in [2.24, 2.45) is 0 Å². The minimum Gasteiger partial charge on any atom is -0.461 e. The molecule has 0 amide bonds. The van der Waals surface area contributed by atoms with Gasteiger partial charge in [0.15, 0.2) is 0 Å². The monoisotopic (exact) mass is 235 g/mol. The van der Waals surface area contributed by atoms with Crippen molar-refractivity contribution < 1.29 is 22.7 Å². The molecule has 16 heavy (non-hydrogen) atoms. The van der Waals surface area contributed by atoms with Gasteiger partial charge in [0.2, 0.25) is 0 Å². The Labute approximate surface area is 90.6 Å². The number of aryl methyl sites for hydroxylation is 1. The summed E-state index contributed by atoms with van der Waals surface area (Å²) in [5, 5.41) is 0. The van der Waals surface area contributed by atoms with E-state index in [0.717, 1.165) is 0 Å². The van der Waals surface area contributed by atoms with E-state index >= 15 is 0 Å². The second-order valence-electron chi connectivity index (χ2n) is 3.14. The van der Waals surface area contributed by atoms with E-state index in [4.69, 9.17) is 0 Å². The third kappa shape index (κ3) is 2.37. The smallest absolute Gasteiger partial charge is 0.418 e. The van der Waals surface area contributed by atoms with Gasteiger partial charge >= 0.3 is 12.1 Å². The molecule has 6 heteroatoms. The number of aromatic nitrogens is 1. The molecule has 0 radical (unpaired) electrons. The molecule has 1 N–H and O–H groups in total. The van der Waals surface area contributed by atoms with E-state index in [0.29, 0.717) is 0 Å². The van der Waals surface area contributed by atoms with Crippen LogP contribution in [0.1, 0.15) is 35.5 Å². The number of hydrogen-bond donors (Lipinski definition) is 1. The first-order valence-corrected chi connectivity index (χ1v) is 4.86. The third-order valence-electron chi connectivity index (χ3n) is 2.11. The molecular formula is C10H12F3NO2. The Bertz CT molecular complexity index is 382. The second-order valence-corrected chi connectivity index (χ2v) is 3.14. The highest BCUT2D eigenvalue weighted by molar-refractivity contribution is 5.89. The molecule has 1 aromatic rings. The number of alkyl halides is 3. The fourth-order valence-electron chi connectivity index (χ4n) is 1.43. The Morgan fingerprint density at radius 2 is 2.06 bits per heavy atom. The van der Waals surface area contributed by atoms with Crippen LogP contribution in [-0.2, 0) is 17.3 Å². The normalized spacial score (nSPS) is 11.6.